The van der Waals surface area contributed by atoms with Crippen LogP contribution < -0.4 is 10.1 Å². The molecule has 0 spiro atoms. The number of carboxylic acid groups (broad SMARTS) is 1. The van der Waals surface area contributed by atoms with E-state index in [1.54, 1.807) is 39.0 Å². The summed E-state index contributed by atoms with van der Waals surface area (Å²) in [7, 11) is 1.52. The highest BCUT2D eigenvalue weighted by Crippen LogP contribution is 2.58. The largest absolute Gasteiger partial charge is 0.497 e. The summed E-state index contributed by atoms with van der Waals surface area (Å²) >= 11 is 0. The fraction of sp³-hybridized carbons (Fsp3) is 0.421. The molecule has 3 rings (SSSR count). The summed E-state index contributed by atoms with van der Waals surface area (Å²) in [6, 6.07) is 5.15. The van der Waals surface area contributed by atoms with Gasteiger partial charge in [0.1, 0.15) is 11.4 Å². The number of amides is 1. The molecule has 2 atom stereocenters. The van der Waals surface area contributed by atoms with Crippen molar-refractivity contribution in [3.63, 3.8) is 0 Å². The Hall–Kier alpha value is -3.03. The van der Waals surface area contributed by atoms with E-state index >= 15 is 0 Å². The lowest BCUT2D eigenvalue weighted by Crippen LogP contribution is -2.19. The number of nitrogens with one attached hydrogen (secondary N) is 2. The number of rotatable bonds is 6. The summed E-state index contributed by atoms with van der Waals surface area (Å²) in [5.74, 6) is -2.94. The van der Waals surface area contributed by atoms with Gasteiger partial charge in [0.05, 0.1) is 31.2 Å². The summed E-state index contributed by atoms with van der Waals surface area (Å²) in [6.45, 7) is 5.34. The molecule has 0 radical (unpaired) electrons. The number of methoxy groups -OCH3 is 1. The van der Waals surface area contributed by atoms with Gasteiger partial charge in [-0.1, -0.05) is 13.8 Å². The van der Waals surface area contributed by atoms with Crippen LogP contribution in [0.3, 0.4) is 0 Å². The van der Waals surface area contributed by atoms with Crippen molar-refractivity contribution in [2.45, 2.75) is 20.8 Å². The molecule has 1 fully saturated rings. The Labute approximate surface area is 155 Å². The predicted molar refractivity (Wildman–Crippen MR) is 97.8 cm³/mol. The standard InChI is InChI=1S/C19H22N2O6/c1-5-27-18(25)15-14(10-8-9(26-4)6-7-11(10)20-15)21-16(22)12-13(17(23)24)19(12,2)3/h6-8,12-13,20H,5H2,1-4H3,(H,21,22)(H,23,24)/t12-,13+/m1/s1. The number of esters is 1. The molecular weight excluding hydrogens is 352 g/mol. The van der Waals surface area contributed by atoms with Gasteiger partial charge in [-0.25, -0.2) is 4.79 Å². The monoisotopic (exact) mass is 374 g/mol. The van der Waals surface area contributed by atoms with Gasteiger partial charge < -0.3 is 24.9 Å². The third-order valence-corrected chi connectivity index (χ3v) is 5.11. The Balaban J connectivity index is 2.01. The molecule has 1 saturated carbocycles. The lowest BCUT2D eigenvalue weighted by atomic mass is 10.1. The highest BCUT2D eigenvalue weighted by Gasteiger charge is 2.66. The molecule has 1 amide bonds. The van der Waals surface area contributed by atoms with Crippen molar-refractivity contribution in [3.8, 4) is 5.75 Å². The molecule has 0 unspecified atom stereocenters. The number of carbonyl (C=O) groups excluding carboxylic acids is 2. The van der Waals surface area contributed by atoms with Crippen molar-refractivity contribution >= 4 is 34.4 Å². The maximum Gasteiger partial charge on any atom is 0.356 e. The highest BCUT2D eigenvalue weighted by molar-refractivity contribution is 6.12. The van der Waals surface area contributed by atoms with Crippen LogP contribution in [0.4, 0.5) is 5.69 Å². The number of carboxylic acids is 1. The molecule has 8 nitrogen and oxygen atoms in total. The average molecular weight is 374 g/mol. The van der Waals surface area contributed by atoms with E-state index in [1.807, 2.05) is 0 Å². The van der Waals surface area contributed by atoms with Crippen LogP contribution in [0.1, 0.15) is 31.3 Å². The zero-order chi connectivity index (χ0) is 19.9. The topological polar surface area (TPSA) is 118 Å². The Kier molecular flexibility index (Phi) is 4.59. The number of aromatic nitrogens is 1. The van der Waals surface area contributed by atoms with Crippen LogP contribution in [-0.4, -0.2) is 41.7 Å². The number of H-pyrrole nitrogens is 1. The van der Waals surface area contributed by atoms with Crippen LogP contribution in [0.5, 0.6) is 5.75 Å². The van der Waals surface area contributed by atoms with Crippen LogP contribution in [0.15, 0.2) is 18.2 Å². The second-order valence-corrected chi connectivity index (χ2v) is 7.11. The Morgan fingerprint density at radius 3 is 2.52 bits per heavy atom. The molecule has 0 saturated heterocycles. The molecule has 0 aliphatic heterocycles. The van der Waals surface area contributed by atoms with E-state index in [1.165, 1.54) is 7.11 Å². The van der Waals surface area contributed by atoms with Gasteiger partial charge in [-0.3, -0.25) is 9.59 Å². The molecule has 1 aliphatic rings. The zero-order valence-electron chi connectivity index (χ0n) is 15.6. The van der Waals surface area contributed by atoms with Gasteiger partial charge in [-0.15, -0.1) is 0 Å². The molecule has 3 N–H and O–H groups in total. The molecule has 144 valence electrons. The molecule has 8 heteroatoms. The van der Waals surface area contributed by atoms with E-state index in [0.29, 0.717) is 16.7 Å². The maximum atomic E-state index is 12.8. The summed E-state index contributed by atoms with van der Waals surface area (Å²) in [5.41, 5.74) is 0.348. The third-order valence-electron chi connectivity index (χ3n) is 5.11. The lowest BCUT2D eigenvalue weighted by Gasteiger charge is -2.08. The maximum absolute atomic E-state index is 12.8. The SMILES string of the molecule is CCOC(=O)c1[nH]c2ccc(OC)cc2c1NC(=O)[C@H]1[C@@H](C(=O)O)C1(C)C. The second kappa shape index (κ2) is 6.61. The van der Waals surface area contributed by atoms with E-state index in [-0.39, 0.29) is 18.0 Å². The highest BCUT2D eigenvalue weighted by atomic mass is 16.5. The minimum Gasteiger partial charge on any atom is -0.497 e. The van der Waals surface area contributed by atoms with Crippen LogP contribution in [0.2, 0.25) is 0 Å². The number of fused-ring (bicyclic) bond motifs is 1. The second-order valence-electron chi connectivity index (χ2n) is 7.11. The summed E-state index contributed by atoms with van der Waals surface area (Å²) < 4.78 is 10.3. The van der Waals surface area contributed by atoms with E-state index in [2.05, 4.69) is 10.3 Å². The lowest BCUT2D eigenvalue weighted by molar-refractivity contribution is -0.140. The van der Waals surface area contributed by atoms with Crippen molar-refractivity contribution in [2.75, 3.05) is 19.0 Å². The smallest absolute Gasteiger partial charge is 0.356 e. The minimum absolute atomic E-state index is 0.110. The number of benzene rings is 1. The number of hydrogen-bond donors (Lipinski definition) is 3. The molecule has 1 heterocycles. The average Bonchev–Trinajstić information content (AvgIpc) is 3.03. The molecule has 0 bridgehead atoms. The third kappa shape index (κ3) is 3.11. The van der Waals surface area contributed by atoms with Gasteiger partial charge >= 0.3 is 11.9 Å². The van der Waals surface area contributed by atoms with E-state index in [4.69, 9.17) is 9.47 Å². The van der Waals surface area contributed by atoms with Crippen molar-refractivity contribution in [1.29, 1.82) is 0 Å². The van der Waals surface area contributed by atoms with E-state index < -0.39 is 35.1 Å². The summed E-state index contributed by atoms with van der Waals surface area (Å²) in [6.07, 6.45) is 0. The first kappa shape index (κ1) is 18.8. The van der Waals surface area contributed by atoms with Gasteiger partial charge in [0.2, 0.25) is 5.91 Å². The predicted octanol–water partition coefficient (Wildman–Crippen LogP) is 2.65. The normalized spacial score (nSPS) is 20.1. The van der Waals surface area contributed by atoms with Gasteiger partial charge in [-0.2, -0.15) is 0 Å². The van der Waals surface area contributed by atoms with Crippen molar-refractivity contribution in [1.82, 2.24) is 4.98 Å². The fourth-order valence-electron chi connectivity index (χ4n) is 3.57. The van der Waals surface area contributed by atoms with Crippen molar-refractivity contribution < 1.29 is 29.0 Å². The molecular formula is C19H22N2O6. The molecule has 1 aliphatic carbocycles. The van der Waals surface area contributed by atoms with Gasteiger partial charge in [0.25, 0.3) is 0 Å². The van der Waals surface area contributed by atoms with E-state index in [0.717, 1.165) is 0 Å². The van der Waals surface area contributed by atoms with Crippen LogP contribution in [-0.2, 0) is 14.3 Å². The number of ether oxygens (including phenoxy) is 2. The van der Waals surface area contributed by atoms with Crippen LogP contribution in [0, 0.1) is 17.3 Å². The Bertz CT molecular complexity index is 930. The fourth-order valence-corrected chi connectivity index (χ4v) is 3.57. The number of carbonyl (C=O) groups is 3. The van der Waals surface area contributed by atoms with Crippen LogP contribution in [0.25, 0.3) is 10.9 Å². The number of hydrogen-bond acceptors (Lipinski definition) is 5. The first-order valence-electron chi connectivity index (χ1n) is 8.62. The minimum atomic E-state index is -1.01. The Morgan fingerprint density at radius 1 is 1.26 bits per heavy atom. The Morgan fingerprint density at radius 2 is 1.96 bits per heavy atom. The quantitative estimate of drug-likeness (QED) is 0.669. The van der Waals surface area contributed by atoms with Gasteiger partial charge in [-0.05, 0) is 30.5 Å². The van der Waals surface area contributed by atoms with Gasteiger partial charge in [0.15, 0.2) is 0 Å². The molecule has 27 heavy (non-hydrogen) atoms. The van der Waals surface area contributed by atoms with Crippen molar-refractivity contribution in [2.24, 2.45) is 17.3 Å². The van der Waals surface area contributed by atoms with Crippen LogP contribution >= 0.6 is 0 Å². The van der Waals surface area contributed by atoms with E-state index in [9.17, 15) is 19.5 Å². The molecule has 2 aromatic rings. The number of aliphatic carboxylic acids is 1. The van der Waals surface area contributed by atoms with Gasteiger partial charge in [0, 0.05) is 10.9 Å². The number of anilines is 1. The first-order valence-corrected chi connectivity index (χ1v) is 8.62. The number of aromatic amines is 1. The summed E-state index contributed by atoms with van der Waals surface area (Å²) in [4.78, 5) is 39.4. The molecule has 1 aromatic heterocycles. The zero-order valence-corrected chi connectivity index (χ0v) is 15.6. The molecule has 1 aromatic carbocycles. The van der Waals surface area contributed by atoms with Crippen molar-refractivity contribution in [3.05, 3.63) is 23.9 Å². The first-order chi connectivity index (χ1) is 12.7. The summed E-state index contributed by atoms with van der Waals surface area (Å²) in [5, 5.41) is 12.6.